The van der Waals surface area contributed by atoms with E-state index in [0.717, 1.165) is 12.8 Å². The average Bonchev–Trinajstić information content (AvgIpc) is 1.97. The molecule has 0 saturated heterocycles. The molecule has 0 aliphatic rings. The van der Waals surface area contributed by atoms with Crippen molar-refractivity contribution < 1.29 is 0 Å². The molecule has 0 saturated carbocycles. The van der Waals surface area contributed by atoms with Crippen LogP contribution in [0.1, 0.15) is 26.7 Å². The molecule has 0 unspecified atom stereocenters. The van der Waals surface area contributed by atoms with Gasteiger partial charge in [0.05, 0.1) is 0 Å². The first-order valence-corrected chi connectivity index (χ1v) is 6.25. The zero-order chi connectivity index (χ0) is 7.66. The first kappa shape index (κ1) is 10.3. The van der Waals surface area contributed by atoms with Gasteiger partial charge in [-0.15, -0.1) is 0 Å². The molecule has 0 aromatic carbocycles. The Balaban J connectivity index is 3.04. The molecule has 0 bridgehead atoms. The van der Waals surface area contributed by atoms with Crippen molar-refractivity contribution in [3.05, 3.63) is 23.8 Å². The third-order valence-corrected chi connectivity index (χ3v) is 2.90. The summed E-state index contributed by atoms with van der Waals surface area (Å²) in [5.74, 6) is 4.42. The van der Waals surface area contributed by atoms with E-state index in [2.05, 4.69) is 37.6 Å². The Labute approximate surface area is 67.6 Å². The van der Waals surface area contributed by atoms with Gasteiger partial charge in [-0.25, -0.2) is 0 Å². The maximum atomic E-state index is 2.21. The Kier molecular flexibility index (Phi) is 9.66. The fourth-order valence-corrected chi connectivity index (χ4v) is 2.17. The van der Waals surface area contributed by atoms with Gasteiger partial charge in [-0.1, -0.05) is 37.6 Å². The molecule has 0 spiro atoms. The largest absolute Gasteiger partial charge is 0.0836 e. The number of hydrogen-bond donors (Lipinski definition) is 0. The second kappa shape index (κ2) is 9.34. The lowest BCUT2D eigenvalue weighted by Gasteiger charge is -1.83. The quantitative estimate of drug-likeness (QED) is 0.418. The minimum absolute atomic E-state index is 1.15. The molecule has 10 heavy (non-hydrogen) atoms. The van der Waals surface area contributed by atoms with E-state index in [-0.39, 0.29) is 0 Å². The number of rotatable bonds is 5. The van der Waals surface area contributed by atoms with Crippen molar-refractivity contribution in [1.82, 2.24) is 0 Å². The molecular weight excluding hydrogens is 158 g/mol. The van der Waals surface area contributed by atoms with Crippen LogP contribution in [0.25, 0.3) is 0 Å². The van der Waals surface area contributed by atoms with E-state index >= 15 is 0 Å². The smallest absolute Gasteiger partial charge is 0.0146 e. The molecule has 0 aliphatic heterocycles. The third-order valence-electron chi connectivity index (χ3n) is 0.882. The minimum Gasteiger partial charge on any atom is -0.0836 e. The van der Waals surface area contributed by atoms with E-state index in [9.17, 15) is 0 Å². The molecule has 0 aliphatic carbocycles. The van der Waals surface area contributed by atoms with Crippen LogP contribution >= 0.6 is 16.5 Å². The van der Waals surface area contributed by atoms with E-state index in [4.69, 9.17) is 0 Å². The fraction of sp³-hybridized carbons (Fsp3) is 0.500. The molecule has 0 rings (SSSR count). The topological polar surface area (TPSA) is 0 Å². The summed E-state index contributed by atoms with van der Waals surface area (Å²) in [6.07, 6.45) is 6.71. The zero-order valence-corrected chi connectivity index (χ0v) is 8.41. The predicted octanol–water partition coefficient (Wildman–Crippen LogP) is 4.64. The summed E-state index contributed by atoms with van der Waals surface area (Å²) in [4.78, 5) is 0. The molecule has 0 amide bonds. The van der Waals surface area contributed by atoms with E-state index in [0.29, 0.717) is 0 Å². The summed E-state index contributed by atoms with van der Waals surface area (Å²) in [6, 6.07) is 0. The van der Waals surface area contributed by atoms with Gasteiger partial charge in [0.1, 0.15) is 0 Å². The molecule has 2 radical (unpaired) electrons. The van der Waals surface area contributed by atoms with E-state index in [1.807, 2.05) is 0 Å². The summed E-state index contributed by atoms with van der Waals surface area (Å²) in [5, 5.41) is 0. The van der Waals surface area contributed by atoms with Gasteiger partial charge in [0, 0.05) is 0 Å². The third kappa shape index (κ3) is 8.34. The molecule has 56 valence electrons. The highest BCUT2D eigenvalue weighted by Crippen LogP contribution is 2.38. The SMILES string of the molecule is CCC=C[P][P]C=CCC. The predicted molar refractivity (Wildman–Crippen MR) is 52.7 cm³/mol. The van der Waals surface area contributed by atoms with Crippen molar-refractivity contribution in [2.24, 2.45) is 0 Å². The van der Waals surface area contributed by atoms with Crippen LogP contribution in [0.5, 0.6) is 0 Å². The first-order valence-electron chi connectivity index (χ1n) is 3.61. The number of allylic oxidation sites excluding steroid dienone is 2. The van der Waals surface area contributed by atoms with Crippen molar-refractivity contribution in [1.29, 1.82) is 0 Å². The van der Waals surface area contributed by atoms with Gasteiger partial charge >= 0.3 is 0 Å². The van der Waals surface area contributed by atoms with E-state index in [1.165, 1.54) is 16.5 Å². The van der Waals surface area contributed by atoms with Gasteiger partial charge in [0.25, 0.3) is 0 Å². The maximum absolute atomic E-state index is 2.21. The summed E-state index contributed by atoms with van der Waals surface area (Å²) in [5.41, 5.74) is 0. The molecule has 0 atom stereocenters. The van der Waals surface area contributed by atoms with Crippen LogP contribution < -0.4 is 0 Å². The van der Waals surface area contributed by atoms with Gasteiger partial charge in [0.15, 0.2) is 0 Å². The number of hydrogen-bond acceptors (Lipinski definition) is 0. The molecule has 0 fully saturated rings. The standard InChI is InChI=1S/C8H14P2/c1-3-5-7-9-10-8-6-4-2/h5-8H,3-4H2,1-2H3. The second-order valence-electron chi connectivity index (χ2n) is 1.82. The highest BCUT2D eigenvalue weighted by atomic mass is 32.0. The van der Waals surface area contributed by atoms with Crippen LogP contribution in [0.2, 0.25) is 0 Å². The minimum atomic E-state index is 1.15. The lowest BCUT2D eigenvalue weighted by molar-refractivity contribution is 1.23. The van der Waals surface area contributed by atoms with Crippen LogP contribution in [0, 0.1) is 0 Å². The maximum Gasteiger partial charge on any atom is -0.0146 e. The van der Waals surface area contributed by atoms with Gasteiger partial charge in [0.2, 0.25) is 0 Å². The van der Waals surface area contributed by atoms with Crippen LogP contribution in [-0.4, -0.2) is 0 Å². The van der Waals surface area contributed by atoms with Crippen LogP contribution in [0.3, 0.4) is 0 Å². The van der Waals surface area contributed by atoms with E-state index in [1.54, 1.807) is 0 Å². The van der Waals surface area contributed by atoms with Crippen molar-refractivity contribution >= 4 is 16.5 Å². The lowest BCUT2D eigenvalue weighted by Crippen LogP contribution is -1.46. The Bertz CT molecular complexity index is 91.8. The Morgan fingerprint density at radius 3 is 1.60 bits per heavy atom. The van der Waals surface area contributed by atoms with Gasteiger partial charge < -0.3 is 0 Å². The van der Waals surface area contributed by atoms with Gasteiger partial charge in [-0.2, -0.15) is 0 Å². The molecule has 0 aromatic rings. The summed E-state index contributed by atoms with van der Waals surface area (Å²) in [6.45, 7) is 4.32. The Morgan fingerprint density at radius 2 is 1.30 bits per heavy atom. The van der Waals surface area contributed by atoms with Crippen LogP contribution in [0.15, 0.2) is 23.8 Å². The highest BCUT2D eigenvalue weighted by Gasteiger charge is 1.75. The van der Waals surface area contributed by atoms with Crippen molar-refractivity contribution in [3.8, 4) is 0 Å². The van der Waals surface area contributed by atoms with Crippen LogP contribution in [0.4, 0.5) is 0 Å². The van der Waals surface area contributed by atoms with E-state index < -0.39 is 0 Å². The van der Waals surface area contributed by atoms with Gasteiger partial charge in [-0.3, -0.25) is 0 Å². The molecule has 2 heteroatoms. The van der Waals surface area contributed by atoms with Crippen molar-refractivity contribution in [2.45, 2.75) is 26.7 Å². The highest BCUT2D eigenvalue weighted by molar-refractivity contribution is 8.14. The normalized spacial score (nSPS) is 14.2. The van der Waals surface area contributed by atoms with Gasteiger partial charge in [-0.05, 0) is 29.4 Å². The lowest BCUT2D eigenvalue weighted by atomic mass is 10.5. The molecular formula is C8H14P2. The zero-order valence-electron chi connectivity index (χ0n) is 6.62. The Hall–Kier alpha value is 0.340. The fourth-order valence-electron chi connectivity index (χ4n) is 0.382. The second-order valence-corrected chi connectivity index (χ2v) is 4.26. The Morgan fingerprint density at radius 1 is 0.900 bits per heavy atom. The first-order chi connectivity index (χ1) is 4.91. The molecule has 0 heterocycles. The average molecular weight is 172 g/mol. The monoisotopic (exact) mass is 172 g/mol. The summed E-state index contributed by atoms with van der Waals surface area (Å²) in [7, 11) is 2.78. The summed E-state index contributed by atoms with van der Waals surface area (Å²) < 4.78 is 0. The molecule has 0 nitrogen and oxygen atoms in total. The van der Waals surface area contributed by atoms with Crippen LogP contribution in [-0.2, 0) is 0 Å². The molecule has 0 aromatic heterocycles. The summed E-state index contributed by atoms with van der Waals surface area (Å²) >= 11 is 0. The van der Waals surface area contributed by atoms with Crippen molar-refractivity contribution in [3.63, 3.8) is 0 Å². The van der Waals surface area contributed by atoms with Crippen molar-refractivity contribution in [2.75, 3.05) is 0 Å². The molecule has 0 N–H and O–H groups in total.